The molecule has 0 radical (unpaired) electrons. The van der Waals surface area contributed by atoms with Crippen molar-refractivity contribution in [2.24, 2.45) is 0 Å². The second-order valence-electron chi connectivity index (χ2n) is 4.56. The number of rotatable bonds is 6. The fraction of sp³-hybridized carbons (Fsp3) is 0.571. The van der Waals surface area contributed by atoms with Crippen LogP contribution in [0.2, 0.25) is 0 Å². The largest absolute Gasteiger partial charge is 0.382 e. The van der Waals surface area contributed by atoms with Gasteiger partial charge in [-0.25, -0.2) is 0 Å². The molecule has 0 bridgehead atoms. The minimum Gasteiger partial charge on any atom is -0.382 e. The number of halogens is 1. The third-order valence-electron chi connectivity index (χ3n) is 2.85. The summed E-state index contributed by atoms with van der Waals surface area (Å²) in [6.45, 7) is 2.82. The van der Waals surface area contributed by atoms with Crippen LogP contribution in [0.15, 0.2) is 30.3 Å². The van der Waals surface area contributed by atoms with Crippen molar-refractivity contribution < 1.29 is 18.9 Å². The second kappa shape index (κ2) is 7.36. The van der Waals surface area contributed by atoms with Crippen LogP contribution in [0.4, 0.5) is 0 Å². The zero-order valence-electron chi connectivity index (χ0n) is 11.0. The minimum absolute atomic E-state index is 0.272. The number of alkyl halides is 1. The summed E-state index contributed by atoms with van der Waals surface area (Å²) in [4.78, 5) is 0. The summed E-state index contributed by atoms with van der Waals surface area (Å²) in [7, 11) is 1.66. The Morgan fingerprint density at radius 3 is 2.53 bits per heavy atom. The molecule has 0 unspecified atom stereocenters. The van der Waals surface area contributed by atoms with Gasteiger partial charge in [0, 0.05) is 12.7 Å². The Labute approximate surface area is 122 Å². The first-order valence-electron chi connectivity index (χ1n) is 6.27. The highest BCUT2D eigenvalue weighted by Gasteiger charge is 2.35. The van der Waals surface area contributed by atoms with Gasteiger partial charge >= 0.3 is 0 Å². The molecule has 1 aromatic carbocycles. The molecule has 1 aliphatic rings. The first-order valence-corrected chi connectivity index (χ1v) is 7.07. The SMILES string of the molecule is COCCOCC1(Br)COC(c2ccccc2)OC1. The molecular weight excluding hydrogens is 312 g/mol. The number of ether oxygens (including phenoxy) is 4. The molecule has 5 heteroatoms. The van der Waals surface area contributed by atoms with Crippen LogP contribution < -0.4 is 0 Å². The predicted octanol–water partition coefficient (Wildman–Crippen LogP) is 2.53. The molecule has 4 nitrogen and oxygen atoms in total. The molecule has 1 aliphatic heterocycles. The minimum atomic E-state index is -0.286. The molecule has 1 fully saturated rings. The Hall–Kier alpha value is -0.460. The van der Waals surface area contributed by atoms with Gasteiger partial charge in [0.25, 0.3) is 0 Å². The van der Waals surface area contributed by atoms with Crippen LogP contribution in [0, 0.1) is 0 Å². The second-order valence-corrected chi connectivity index (χ2v) is 6.24. The van der Waals surface area contributed by atoms with Gasteiger partial charge in [0.2, 0.25) is 0 Å². The number of benzene rings is 1. The molecule has 0 aliphatic carbocycles. The third-order valence-corrected chi connectivity index (χ3v) is 3.54. The summed E-state index contributed by atoms with van der Waals surface area (Å²) in [6, 6.07) is 9.94. The number of hydrogen-bond donors (Lipinski definition) is 0. The summed E-state index contributed by atoms with van der Waals surface area (Å²) in [6.07, 6.45) is -0.286. The standard InChI is InChI=1S/C14H19BrO4/c1-16-7-8-17-9-14(15)10-18-13(19-11-14)12-5-3-2-4-6-12/h2-6,13H,7-11H2,1H3. The van der Waals surface area contributed by atoms with Crippen LogP contribution in [0.1, 0.15) is 11.9 Å². The van der Waals surface area contributed by atoms with Gasteiger partial charge in [0.1, 0.15) is 0 Å². The van der Waals surface area contributed by atoms with Gasteiger partial charge in [0.15, 0.2) is 6.29 Å². The van der Waals surface area contributed by atoms with Gasteiger partial charge in [-0.1, -0.05) is 46.3 Å². The lowest BCUT2D eigenvalue weighted by Gasteiger charge is -2.35. The topological polar surface area (TPSA) is 36.9 Å². The van der Waals surface area contributed by atoms with Gasteiger partial charge in [-0.2, -0.15) is 0 Å². The van der Waals surface area contributed by atoms with Crippen molar-refractivity contribution in [1.29, 1.82) is 0 Å². The Bertz CT molecular complexity index is 363. The molecule has 0 saturated carbocycles. The lowest BCUT2D eigenvalue weighted by Crippen LogP contribution is -2.43. The van der Waals surface area contributed by atoms with Gasteiger partial charge < -0.3 is 18.9 Å². The molecule has 1 saturated heterocycles. The maximum absolute atomic E-state index is 5.76. The van der Waals surface area contributed by atoms with Crippen LogP contribution in [-0.2, 0) is 18.9 Å². The van der Waals surface area contributed by atoms with Crippen LogP contribution in [0.5, 0.6) is 0 Å². The molecular formula is C14H19BrO4. The van der Waals surface area contributed by atoms with Crippen LogP contribution >= 0.6 is 15.9 Å². The maximum atomic E-state index is 5.76. The van der Waals surface area contributed by atoms with E-state index in [-0.39, 0.29) is 10.6 Å². The molecule has 0 aromatic heterocycles. The fourth-order valence-corrected chi connectivity index (χ4v) is 2.25. The van der Waals surface area contributed by atoms with Crippen molar-refractivity contribution in [3.8, 4) is 0 Å². The third kappa shape index (κ3) is 4.54. The van der Waals surface area contributed by atoms with Crippen molar-refractivity contribution in [2.45, 2.75) is 10.6 Å². The Balaban J connectivity index is 1.78. The predicted molar refractivity (Wildman–Crippen MR) is 75.4 cm³/mol. The van der Waals surface area contributed by atoms with Gasteiger partial charge in [0.05, 0.1) is 37.4 Å². The van der Waals surface area contributed by atoms with Crippen molar-refractivity contribution in [3.05, 3.63) is 35.9 Å². The maximum Gasteiger partial charge on any atom is 0.183 e. The zero-order chi connectivity index (χ0) is 13.6. The number of methoxy groups -OCH3 is 1. The van der Waals surface area contributed by atoms with E-state index in [9.17, 15) is 0 Å². The molecule has 0 N–H and O–H groups in total. The Kier molecular flexibility index (Phi) is 5.78. The van der Waals surface area contributed by atoms with Crippen molar-refractivity contribution in [1.82, 2.24) is 0 Å². The van der Waals surface area contributed by atoms with E-state index in [1.165, 1.54) is 0 Å². The summed E-state index contributed by atoms with van der Waals surface area (Å²) in [5.41, 5.74) is 1.04. The van der Waals surface area contributed by atoms with E-state index in [4.69, 9.17) is 18.9 Å². The molecule has 1 heterocycles. The number of hydrogen-bond acceptors (Lipinski definition) is 4. The molecule has 1 aromatic rings. The Morgan fingerprint density at radius 2 is 1.89 bits per heavy atom. The van der Waals surface area contributed by atoms with Gasteiger partial charge in [-0.15, -0.1) is 0 Å². The Morgan fingerprint density at radius 1 is 1.21 bits per heavy atom. The summed E-state index contributed by atoms with van der Waals surface area (Å²) >= 11 is 3.63. The van der Waals surface area contributed by atoms with Crippen molar-refractivity contribution >= 4 is 15.9 Å². The van der Waals surface area contributed by atoms with Crippen LogP contribution in [-0.4, -0.2) is 44.5 Å². The van der Waals surface area contributed by atoms with E-state index in [1.54, 1.807) is 7.11 Å². The van der Waals surface area contributed by atoms with Gasteiger partial charge in [-0.05, 0) is 0 Å². The van der Waals surface area contributed by atoms with Crippen molar-refractivity contribution in [2.75, 3.05) is 40.1 Å². The lowest BCUT2D eigenvalue weighted by molar-refractivity contribution is -0.201. The van der Waals surface area contributed by atoms with Crippen LogP contribution in [0.3, 0.4) is 0 Å². The first-order chi connectivity index (χ1) is 9.23. The molecule has 0 spiro atoms. The van der Waals surface area contributed by atoms with Gasteiger partial charge in [-0.3, -0.25) is 0 Å². The molecule has 19 heavy (non-hydrogen) atoms. The molecule has 0 atom stereocenters. The highest BCUT2D eigenvalue weighted by Crippen LogP contribution is 2.31. The molecule has 106 valence electrons. The van der Waals surface area contributed by atoms with E-state index in [0.29, 0.717) is 33.0 Å². The quantitative estimate of drug-likeness (QED) is 0.593. The van der Waals surface area contributed by atoms with E-state index < -0.39 is 0 Å². The summed E-state index contributed by atoms with van der Waals surface area (Å²) in [5.74, 6) is 0. The smallest absolute Gasteiger partial charge is 0.183 e. The van der Waals surface area contributed by atoms with Crippen LogP contribution in [0.25, 0.3) is 0 Å². The monoisotopic (exact) mass is 330 g/mol. The lowest BCUT2D eigenvalue weighted by atomic mass is 10.1. The zero-order valence-corrected chi connectivity index (χ0v) is 12.6. The van der Waals surface area contributed by atoms with E-state index in [2.05, 4.69) is 15.9 Å². The average Bonchev–Trinajstić information content (AvgIpc) is 2.46. The average molecular weight is 331 g/mol. The normalized spacial score (nSPS) is 27.4. The molecule has 0 amide bonds. The first kappa shape index (κ1) is 14.9. The van der Waals surface area contributed by atoms with Crippen molar-refractivity contribution in [3.63, 3.8) is 0 Å². The highest BCUT2D eigenvalue weighted by molar-refractivity contribution is 9.10. The summed E-state index contributed by atoms with van der Waals surface area (Å²) in [5, 5.41) is 0. The van der Waals surface area contributed by atoms with E-state index >= 15 is 0 Å². The highest BCUT2D eigenvalue weighted by atomic mass is 79.9. The fourth-order valence-electron chi connectivity index (χ4n) is 1.82. The summed E-state index contributed by atoms with van der Waals surface area (Å²) < 4.78 is 21.7. The molecule has 2 rings (SSSR count). The van der Waals surface area contributed by atoms with E-state index in [1.807, 2.05) is 30.3 Å². The van der Waals surface area contributed by atoms with E-state index in [0.717, 1.165) is 5.56 Å².